The molecular formula is C15H30N2. The van der Waals surface area contributed by atoms with Gasteiger partial charge in [0, 0.05) is 25.7 Å². The van der Waals surface area contributed by atoms with Crippen LogP contribution in [0.2, 0.25) is 0 Å². The van der Waals surface area contributed by atoms with Gasteiger partial charge in [0.2, 0.25) is 0 Å². The molecule has 2 rings (SSSR count). The highest BCUT2D eigenvalue weighted by Crippen LogP contribution is 2.38. The summed E-state index contributed by atoms with van der Waals surface area (Å²) >= 11 is 0. The lowest BCUT2D eigenvalue weighted by Crippen LogP contribution is -2.45. The molecule has 1 saturated carbocycles. The topological polar surface area (TPSA) is 15.3 Å². The van der Waals surface area contributed by atoms with Crippen LogP contribution < -0.4 is 5.32 Å². The summed E-state index contributed by atoms with van der Waals surface area (Å²) < 4.78 is 0. The number of hydrogen-bond donors (Lipinski definition) is 1. The second-order valence-corrected chi connectivity index (χ2v) is 6.71. The van der Waals surface area contributed by atoms with Crippen molar-refractivity contribution in [1.82, 2.24) is 10.2 Å². The molecule has 2 nitrogen and oxygen atoms in total. The van der Waals surface area contributed by atoms with Gasteiger partial charge >= 0.3 is 0 Å². The maximum Gasteiger partial charge on any atom is 0.00702 e. The summed E-state index contributed by atoms with van der Waals surface area (Å²) in [6.07, 6.45) is 8.61. The van der Waals surface area contributed by atoms with Crippen LogP contribution in [0.5, 0.6) is 0 Å². The van der Waals surface area contributed by atoms with Crippen LogP contribution in [0.25, 0.3) is 0 Å². The Labute approximate surface area is 107 Å². The molecule has 0 aromatic carbocycles. The first-order valence-corrected chi connectivity index (χ1v) is 7.54. The molecule has 1 saturated heterocycles. The summed E-state index contributed by atoms with van der Waals surface area (Å²) in [5.41, 5.74) is 0.575. The van der Waals surface area contributed by atoms with Gasteiger partial charge in [0.1, 0.15) is 0 Å². The van der Waals surface area contributed by atoms with Gasteiger partial charge in [-0.15, -0.1) is 0 Å². The van der Waals surface area contributed by atoms with E-state index in [1.54, 1.807) is 0 Å². The minimum atomic E-state index is 0.575. The molecule has 0 aromatic rings. The maximum absolute atomic E-state index is 3.45. The lowest BCUT2D eigenvalue weighted by Gasteiger charge is -2.41. The predicted octanol–water partition coefficient (Wildman–Crippen LogP) is 2.89. The molecule has 2 aliphatic rings. The van der Waals surface area contributed by atoms with Crippen LogP contribution in [-0.2, 0) is 0 Å². The summed E-state index contributed by atoms with van der Waals surface area (Å²) in [6.45, 7) is 8.69. The number of rotatable bonds is 4. The molecule has 100 valence electrons. The fourth-order valence-electron chi connectivity index (χ4n) is 4.10. The van der Waals surface area contributed by atoms with Gasteiger partial charge in [0.05, 0.1) is 0 Å². The van der Waals surface area contributed by atoms with E-state index in [4.69, 9.17) is 0 Å². The monoisotopic (exact) mass is 238 g/mol. The SMILES string of the molecule is CNCC1(CN2CC(C)CC2C)CCCCC1. The van der Waals surface area contributed by atoms with Crippen molar-refractivity contribution in [3.63, 3.8) is 0 Å². The minimum absolute atomic E-state index is 0.575. The van der Waals surface area contributed by atoms with Gasteiger partial charge in [0.15, 0.2) is 0 Å². The van der Waals surface area contributed by atoms with Gasteiger partial charge in [-0.05, 0) is 44.6 Å². The molecule has 0 amide bonds. The van der Waals surface area contributed by atoms with Crippen molar-refractivity contribution in [2.24, 2.45) is 11.3 Å². The quantitative estimate of drug-likeness (QED) is 0.810. The molecule has 0 aromatic heterocycles. The van der Waals surface area contributed by atoms with E-state index in [2.05, 4.69) is 31.1 Å². The highest BCUT2D eigenvalue weighted by atomic mass is 15.2. The van der Waals surface area contributed by atoms with Crippen LogP contribution in [0.4, 0.5) is 0 Å². The lowest BCUT2D eigenvalue weighted by atomic mass is 9.73. The first-order valence-electron chi connectivity index (χ1n) is 7.54. The summed E-state index contributed by atoms with van der Waals surface area (Å²) in [7, 11) is 2.12. The summed E-state index contributed by atoms with van der Waals surface area (Å²) in [5.74, 6) is 0.903. The van der Waals surface area contributed by atoms with Crippen LogP contribution in [0.15, 0.2) is 0 Å². The van der Waals surface area contributed by atoms with Gasteiger partial charge in [-0.25, -0.2) is 0 Å². The van der Waals surface area contributed by atoms with E-state index in [1.165, 1.54) is 58.2 Å². The van der Waals surface area contributed by atoms with Crippen LogP contribution in [0.3, 0.4) is 0 Å². The van der Waals surface area contributed by atoms with Crippen molar-refractivity contribution in [2.45, 2.75) is 58.4 Å². The van der Waals surface area contributed by atoms with E-state index >= 15 is 0 Å². The van der Waals surface area contributed by atoms with Crippen molar-refractivity contribution in [3.8, 4) is 0 Å². The van der Waals surface area contributed by atoms with E-state index in [9.17, 15) is 0 Å². The van der Waals surface area contributed by atoms with Crippen LogP contribution >= 0.6 is 0 Å². The lowest BCUT2D eigenvalue weighted by molar-refractivity contribution is 0.0993. The van der Waals surface area contributed by atoms with E-state index in [0.717, 1.165) is 12.0 Å². The van der Waals surface area contributed by atoms with Crippen LogP contribution in [0.1, 0.15) is 52.4 Å². The van der Waals surface area contributed by atoms with Gasteiger partial charge < -0.3 is 5.32 Å². The zero-order valence-corrected chi connectivity index (χ0v) is 12.0. The molecule has 2 unspecified atom stereocenters. The van der Waals surface area contributed by atoms with Gasteiger partial charge in [0.25, 0.3) is 0 Å². The van der Waals surface area contributed by atoms with E-state index in [-0.39, 0.29) is 0 Å². The highest BCUT2D eigenvalue weighted by Gasteiger charge is 2.36. The Kier molecular flexibility index (Phi) is 4.48. The Morgan fingerprint density at radius 3 is 2.41 bits per heavy atom. The van der Waals surface area contributed by atoms with Crippen molar-refractivity contribution in [2.75, 3.05) is 26.7 Å². The Balaban J connectivity index is 1.97. The number of hydrogen-bond acceptors (Lipinski definition) is 2. The summed E-state index contributed by atoms with van der Waals surface area (Å²) in [4.78, 5) is 2.76. The molecule has 0 radical (unpaired) electrons. The molecule has 1 N–H and O–H groups in total. The molecule has 0 bridgehead atoms. The van der Waals surface area contributed by atoms with Gasteiger partial charge in [-0.1, -0.05) is 26.2 Å². The predicted molar refractivity (Wildman–Crippen MR) is 74.3 cm³/mol. The summed E-state index contributed by atoms with van der Waals surface area (Å²) in [5, 5.41) is 3.45. The maximum atomic E-state index is 3.45. The second-order valence-electron chi connectivity index (χ2n) is 6.71. The normalized spacial score (nSPS) is 34.1. The average Bonchev–Trinajstić information content (AvgIpc) is 2.59. The Morgan fingerprint density at radius 1 is 1.18 bits per heavy atom. The second kappa shape index (κ2) is 5.71. The van der Waals surface area contributed by atoms with E-state index < -0.39 is 0 Å². The largest absolute Gasteiger partial charge is 0.319 e. The smallest absolute Gasteiger partial charge is 0.00702 e. The molecule has 17 heavy (non-hydrogen) atoms. The fraction of sp³-hybridized carbons (Fsp3) is 1.00. The molecule has 2 atom stereocenters. The molecule has 1 aliphatic heterocycles. The Bertz CT molecular complexity index is 228. The zero-order chi connectivity index (χ0) is 12.3. The molecule has 1 aliphatic carbocycles. The highest BCUT2D eigenvalue weighted by molar-refractivity contribution is 4.91. The average molecular weight is 238 g/mol. The number of nitrogens with one attached hydrogen (secondary N) is 1. The van der Waals surface area contributed by atoms with E-state index in [1.807, 2.05) is 0 Å². The van der Waals surface area contributed by atoms with Crippen molar-refractivity contribution >= 4 is 0 Å². The number of likely N-dealkylation sites (tertiary alicyclic amines) is 1. The molecule has 0 spiro atoms. The third kappa shape index (κ3) is 3.23. The molecule has 2 fully saturated rings. The third-order valence-electron chi connectivity index (χ3n) is 4.92. The van der Waals surface area contributed by atoms with E-state index in [0.29, 0.717) is 5.41 Å². The van der Waals surface area contributed by atoms with Crippen molar-refractivity contribution in [1.29, 1.82) is 0 Å². The van der Waals surface area contributed by atoms with Gasteiger partial charge in [-0.2, -0.15) is 0 Å². The van der Waals surface area contributed by atoms with Crippen LogP contribution in [0, 0.1) is 11.3 Å². The minimum Gasteiger partial charge on any atom is -0.319 e. The Hall–Kier alpha value is -0.0800. The number of nitrogens with zero attached hydrogens (tertiary/aromatic N) is 1. The fourth-order valence-corrected chi connectivity index (χ4v) is 4.10. The molecule has 2 heteroatoms. The van der Waals surface area contributed by atoms with Crippen molar-refractivity contribution in [3.05, 3.63) is 0 Å². The summed E-state index contributed by atoms with van der Waals surface area (Å²) in [6, 6.07) is 0.806. The first-order chi connectivity index (χ1) is 8.15. The Morgan fingerprint density at radius 2 is 1.88 bits per heavy atom. The third-order valence-corrected chi connectivity index (χ3v) is 4.92. The molecular weight excluding hydrogens is 208 g/mol. The molecule has 1 heterocycles. The van der Waals surface area contributed by atoms with Gasteiger partial charge in [-0.3, -0.25) is 4.90 Å². The zero-order valence-electron chi connectivity index (χ0n) is 12.0. The van der Waals surface area contributed by atoms with Crippen molar-refractivity contribution < 1.29 is 0 Å². The first kappa shape index (κ1) is 13.4. The standard InChI is InChI=1S/C15H30N2/c1-13-9-14(2)17(10-13)12-15(11-16-3)7-5-4-6-8-15/h13-14,16H,4-12H2,1-3H3. The van der Waals surface area contributed by atoms with Crippen LogP contribution in [-0.4, -0.2) is 37.6 Å².